The van der Waals surface area contributed by atoms with Crippen molar-refractivity contribution in [2.75, 3.05) is 0 Å². The van der Waals surface area contributed by atoms with E-state index in [0.717, 1.165) is 12.1 Å². The van der Waals surface area contributed by atoms with Crippen LogP contribution in [0, 0.1) is 17.1 Å². The molecule has 1 aromatic carbocycles. The van der Waals surface area contributed by atoms with Gasteiger partial charge in [0, 0.05) is 5.56 Å². The summed E-state index contributed by atoms with van der Waals surface area (Å²) < 4.78 is 49.3. The Bertz CT molecular complexity index is 385. The van der Waals surface area contributed by atoms with Crippen LogP contribution < -0.4 is 56.8 Å². The molecule has 74 valence electrons. The van der Waals surface area contributed by atoms with Gasteiger partial charge in [-0.3, -0.25) is 0 Å². The average molecular weight is 241 g/mol. The number of hydrogen-bond acceptors (Lipinski definition) is 1. The fraction of sp³-hybridized carbons (Fsp3) is 0.125. The van der Waals surface area contributed by atoms with Crippen molar-refractivity contribution in [1.29, 1.82) is 5.26 Å². The van der Waals surface area contributed by atoms with E-state index in [9.17, 15) is 17.3 Å². The van der Waals surface area contributed by atoms with E-state index >= 15 is 0 Å². The first-order valence-corrected chi connectivity index (χ1v) is 3.80. The zero-order valence-corrected chi connectivity index (χ0v) is 11.1. The van der Waals surface area contributed by atoms with Crippen LogP contribution in [0.25, 0.3) is 0 Å². The van der Waals surface area contributed by atoms with Crippen molar-refractivity contribution in [3.8, 4) is 6.07 Å². The molecule has 1 aromatic rings. The van der Waals surface area contributed by atoms with Gasteiger partial charge in [0.2, 0.25) is 0 Å². The normalized spacial score (nSPS) is 10.3. The molecule has 0 unspecified atom stereocenters. The maximum Gasteiger partial charge on any atom is 1.00 e. The summed E-state index contributed by atoms with van der Waals surface area (Å²) in [6.07, 6.45) is -0.225. The molecule has 0 radical (unpaired) electrons. The molecule has 0 saturated carbocycles. The van der Waals surface area contributed by atoms with Crippen LogP contribution in [-0.2, 0) is 6.42 Å². The van der Waals surface area contributed by atoms with E-state index < -0.39 is 18.3 Å². The molecule has 0 aliphatic heterocycles. The first-order chi connectivity index (χ1) is 6.45. The minimum atomic E-state index is -5.17. The van der Waals surface area contributed by atoms with Gasteiger partial charge in [-0.2, -0.15) is 5.26 Å². The van der Waals surface area contributed by atoms with E-state index in [1.54, 1.807) is 6.07 Å². The first-order valence-electron chi connectivity index (χ1n) is 3.80. The Morgan fingerprint density at radius 2 is 1.87 bits per heavy atom. The van der Waals surface area contributed by atoms with E-state index in [0.29, 0.717) is 6.07 Å². The summed E-state index contributed by atoms with van der Waals surface area (Å²) in [5, 5.41) is 8.24. The third kappa shape index (κ3) is 4.25. The van der Waals surface area contributed by atoms with E-state index in [1.165, 1.54) is 0 Å². The van der Waals surface area contributed by atoms with Gasteiger partial charge < -0.3 is 12.9 Å². The molecule has 1 nitrogen and oxygen atoms in total. The summed E-state index contributed by atoms with van der Waals surface area (Å²) in [7, 11) is 0. The van der Waals surface area contributed by atoms with Gasteiger partial charge in [-0.05, 0) is 0 Å². The number of halogens is 4. The molecule has 15 heavy (non-hydrogen) atoms. The van der Waals surface area contributed by atoms with Crippen molar-refractivity contribution in [2.45, 2.75) is 6.42 Å². The molecule has 0 N–H and O–H groups in total. The van der Waals surface area contributed by atoms with Gasteiger partial charge in [0.1, 0.15) is 5.82 Å². The quantitative estimate of drug-likeness (QED) is 0.479. The Morgan fingerprint density at radius 1 is 1.27 bits per heavy atom. The Balaban J connectivity index is 0.00000196. The van der Waals surface area contributed by atoms with Gasteiger partial charge in [-0.1, -0.05) is 18.2 Å². The molecular formula is C8H5BF4KN. The zero-order valence-electron chi connectivity index (χ0n) is 7.98. The van der Waals surface area contributed by atoms with Crippen LogP contribution >= 0.6 is 0 Å². The molecule has 7 heteroatoms. The molecule has 0 heterocycles. The minimum absolute atomic E-state index is 0. The van der Waals surface area contributed by atoms with Crippen LogP contribution in [-0.4, -0.2) is 6.98 Å². The van der Waals surface area contributed by atoms with Crippen LogP contribution in [0.4, 0.5) is 17.3 Å². The van der Waals surface area contributed by atoms with Crippen LogP contribution in [0.3, 0.4) is 0 Å². The third-order valence-electron chi connectivity index (χ3n) is 1.72. The van der Waals surface area contributed by atoms with Crippen LogP contribution in [0.1, 0.15) is 5.56 Å². The summed E-state index contributed by atoms with van der Waals surface area (Å²) in [6, 6.07) is 3.87. The molecule has 0 aliphatic carbocycles. The van der Waals surface area contributed by atoms with Crippen molar-refractivity contribution in [3.63, 3.8) is 0 Å². The molecule has 1 rings (SSSR count). The van der Waals surface area contributed by atoms with Gasteiger partial charge in [-0.25, -0.2) is 4.39 Å². The van der Waals surface area contributed by atoms with Crippen molar-refractivity contribution >= 4 is 12.4 Å². The Hall–Kier alpha value is 0.131. The fourth-order valence-corrected chi connectivity index (χ4v) is 0.996. The molecule has 0 fully saturated rings. The molecule has 0 spiro atoms. The topological polar surface area (TPSA) is 23.8 Å². The maximum atomic E-state index is 12.9. The minimum Gasteiger partial charge on any atom is -0.445 e. The summed E-state index contributed by atoms with van der Waals surface area (Å²) in [4.78, 5) is 0. The van der Waals surface area contributed by atoms with Gasteiger partial charge in [-0.15, -0.1) is 5.46 Å². The van der Waals surface area contributed by atoms with Crippen LogP contribution in [0.2, 0.25) is 0 Å². The fourth-order valence-electron chi connectivity index (χ4n) is 0.996. The molecular weight excluding hydrogens is 236 g/mol. The molecule has 0 bridgehead atoms. The Labute approximate surface area is 127 Å². The third-order valence-corrected chi connectivity index (χ3v) is 1.72. The SMILES string of the molecule is N#CCc1ccc([B-](F)(F)F)cc1F.[K+]. The number of nitriles is 1. The van der Waals surface area contributed by atoms with E-state index in [2.05, 4.69) is 0 Å². The summed E-state index contributed by atoms with van der Waals surface area (Å²) in [5.41, 5.74) is -1.000. The smallest absolute Gasteiger partial charge is 0.445 e. The first kappa shape index (κ1) is 15.1. The van der Waals surface area contributed by atoms with Crippen LogP contribution in [0.5, 0.6) is 0 Å². The maximum absolute atomic E-state index is 12.9. The number of hydrogen-bond donors (Lipinski definition) is 0. The number of rotatable bonds is 2. The summed E-state index contributed by atoms with van der Waals surface area (Å²) >= 11 is 0. The van der Waals surface area contributed by atoms with Crippen molar-refractivity contribution < 1.29 is 68.7 Å². The molecule has 0 saturated heterocycles. The van der Waals surface area contributed by atoms with Crippen molar-refractivity contribution in [1.82, 2.24) is 0 Å². The van der Waals surface area contributed by atoms with Crippen molar-refractivity contribution in [2.24, 2.45) is 0 Å². The predicted molar refractivity (Wildman–Crippen MR) is 44.4 cm³/mol. The number of benzene rings is 1. The summed E-state index contributed by atoms with van der Waals surface area (Å²) in [6.45, 7) is -5.17. The summed E-state index contributed by atoms with van der Waals surface area (Å²) in [5.74, 6) is -0.983. The molecule has 0 atom stereocenters. The Kier molecular flexibility index (Phi) is 6.07. The van der Waals surface area contributed by atoms with Gasteiger partial charge >= 0.3 is 58.4 Å². The van der Waals surface area contributed by atoms with Crippen LogP contribution in [0.15, 0.2) is 18.2 Å². The number of nitrogens with zero attached hydrogens (tertiary/aromatic N) is 1. The standard InChI is InChI=1S/C8H5BF4N.K/c10-8-5-7(9(11,12)13)2-1-6(8)3-4-14;/h1-2,5H,3H2;/q-1;+1. The second-order valence-corrected chi connectivity index (χ2v) is 2.76. The Morgan fingerprint density at radius 3 is 2.27 bits per heavy atom. The molecule has 0 aliphatic rings. The second-order valence-electron chi connectivity index (χ2n) is 2.76. The van der Waals surface area contributed by atoms with E-state index in [4.69, 9.17) is 5.26 Å². The van der Waals surface area contributed by atoms with E-state index in [1.807, 2.05) is 0 Å². The molecule has 0 aromatic heterocycles. The van der Waals surface area contributed by atoms with E-state index in [-0.39, 0.29) is 63.4 Å². The van der Waals surface area contributed by atoms with Gasteiger partial charge in [0.15, 0.2) is 0 Å². The predicted octanol–water partition coefficient (Wildman–Crippen LogP) is -1.05. The zero-order chi connectivity index (χ0) is 10.8. The van der Waals surface area contributed by atoms with Gasteiger partial charge in [0.25, 0.3) is 0 Å². The monoisotopic (exact) mass is 241 g/mol. The molecule has 0 amide bonds. The average Bonchev–Trinajstić information content (AvgIpc) is 2.07. The second kappa shape index (κ2) is 6.01. The van der Waals surface area contributed by atoms with Gasteiger partial charge in [0.05, 0.1) is 12.5 Å². The largest absolute Gasteiger partial charge is 1.00 e. The van der Waals surface area contributed by atoms with Crippen molar-refractivity contribution in [3.05, 3.63) is 29.6 Å².